The summed E-state index contributed by atoms with van der Waals surface area (Å²) in [5, 5.41) is 5.14. The summed E-state index contributed by atoms with van der Waals surface area (Å²) >= 11 is 0. The molecule has 0 bridgehead atoms. The zero-order valence-electron chi connectivity index (χ0n) is 15.7. The Labute approximate surface area is 160 Å². The van der Waals surface area contributed by atoms with Gasteiger partial charge in [0.05, 0.1) is 0 Å². The van der Waals surface area contributed by atoms with E-state index in [0.717, 1.165) is 13.1 Å². The van der Waals surface area contributed by atoms with Gasteiger partial charge in [0, 0.05) is 35.2 Å². The van der Waals surface area contributed by atoms with Gasteiger partial charge in [-0.25, -0.2) is 0 Å². The molecule has 2 nitrogen and oxygen atoms in total. The lowest BCUT2D eigenvalue weighted by Crippen LogP contribution is -2.20. The van der Waals surface area contributed by atoms with Crippen molar-refractivity contribution in [2.75, 3.05) is 22.9 Å². The van der Waals surface area contributed by atoms with E-state index < -0.39 is 0 Å². The third kappa shape index (κ3) is 2.64. The molecule has 1 fully saturated rings. The normalized spacial score (nSPS) is 14.4. The number of fused-ring (bicyclic) bond motifs is 2. The van der Waals surface area contributed by atoms with E-state index in [1.54, 1.807) is 0 Å². The second-order valence-electron chi connectivity index (χ2n) is 7.31. The van der Waals surface area contributed by atoms with Crippen LogP contribution in [0.25, 0.3) is 21.5 Å². The molecule has 132 valence electrons. The Bertz CT molecular complexity index is 1050. The van der Waals surface area contributed by atoms with Gasteiger partial charge in [0.1, 0.15) is 0 Å². The Morgan fingerprint density at radius 2 is 1.04 bits per heavy atom. The number of anilines is 2. The van der Waals surface area contributed by atoms with E-state index in [9.17, 15) is 0 Å². The standard InChI is InChI=1S/C25H22N2/c1-18-11-13-20-7-3-5-9-22(20)24(18)26-15-16-27(17-26)25-19(2)12-14-21-8-4-6-10-23(21)25/h3-14H,15-16H2,1-2H3. The number of aryl methyl sites for hydroxylation is 2. The van der Waals surface area contributed by atoms with Gasteiger partial charge in [-0.15, -0.1) is 0 Å². The lowest BCUT2D eigenvalue weighted by atomic mass is 10.0. The van der Waals surface area contributed by atoms with Crippen molar-refractivity contribution in [2.45, 2.75) is 13.8 Å². The van der Waals surface area contributed by atoms with Crippen LogP contribution < -0.4 is 9.80 Å². The first kappa shape index (κ1) is 16.2. The van der Waals surface area contributed by atoms with Crippen LogP contribution in [0.2, 0.25) is 0 Å². The summed E-state index contributed by atoms with van der Waals surface area (Å²) < 4.78 is 0. The first-order valence-corrected chi connectivity index (χ1v) is 9.50. The van der Waals surface area contributed by atoms with Gasteiger partial charge in [0.25, 0.3) is 0 Å². The van der Waals surface area contributed by atoms with Crippen molar-refractivity contribution >= 4 is 32.9 Å². The van der Waals surface area contributed by atoms with Crippen LogP contribution in [-0.2, 0) is 0 Å². The van der Waals surface area contributed by atoms with E-state index in [0.29, 0.717) is 0 Å². The Kier molecular flexibility index (Phi) is 3.78. The first-order valence-electron chi connectivity index (χ1n) is 9.50. The van der Waals surface area contributed by atoms with Gasteiger partial charge in [-0.2, -0.15) is 0 Å². The van der Waals surface area contributed by atoms with Gasteiger partial charge in [-0.1, -0.05) is 72.8 Å². The van der Waals surface area contributed by atoms with Crippen LogP contribution in [0.15, 0.2) is 72.8 Å². The fraction of sp³-hybridized carbons (Fsp3) is 0.160. The second kappa shape index (κ2) is 6.31. The number of benzene rings is 4. The molecule has 0 aliphatic carbocycles. The summed E-state index contributed by atoms with van der Waals surface area (Å²) in [6.07, 6.45) is 0. The molecule has 0 N–H and O–H groups in total. The fourth-order valence-electron chi connectivity index (χ4n) is 4.21. The van der Waals surface area contributed by atoms with Gasteiger partial charge < -0.3 is 9.80 Å². The van der Waals surface area contributed by atoms with Gasteiger partial charge in [0.15, 0.2) is 0 Å². The molecule has 1 heterocycles. The summed E-state index contributed by atoms with van der Waals surface area (Å²) in [5.41, 5.74) is 5.12. The second-order valence-corrected chi connectivity index (χ2v) is 7.31. The topological polar surface area (TPSA) is 6.48 Å². The number of nitrogens with zero attached hydrogens (tertiary/aromatic N) is 2. The molecule has 0 aromatic heterocycles. The van der Waals surface area contributed by atoms with E-state index in [1.807, 2.05) is 0 Å². The summed E-state index contributed by atoms with van der Waals surface area (Å²) in [5.74, 6) is 0. The lowest BCUT2D eigenvalue weighted by Gasteiger charge is -2.24. The molecule has 0 unspecified atom stereocenters. The van der Waals surface area contributed by atoms with Crippen LogP contribution >= 0.6 is 0 Å². The van der Waals surface area contributed by atoms with Crippen LogP contribution in [-0.4, -0.2) is 13.1 Å². The van der Waals surface area contributed by atoms with Crippen LogP contribution in [0.4, 0.5) is 11.4 Å². The van der Waals surface area contributed by atoms with Crippen LogP contribution in [0, 0.1) is 20.5 Å². The molecule has 2 radical (unpaired) electrons. The summed E-state index contributed by atoms with van der Waals surface area (Å²) in [7, 11) is 0. The van der Waals surface area contributed by atoms with Crippen molar-refractivity contribution in [3.05, 3.63) is 90.6 Å². The molecule has 4 aromatic carbocycles. The van der Waals surface area contributed by atoms with E-state index in [-0.39, 0.29) is 0 Å². The van der Waals surface area contributed by atoms with E-state index in [4.69, 9.17) is 0 Å². The zero-order valence-corrected chi connectivity index (χ0v) is 15.7. The molecule has 1 aliphatic rings. The van der Waals surface area contributed by atoms with Crippen molar-refractivity contribution in [3.8, 4) is 0 Å². The summed E-state index contributed by atoms with van der Waals surface area (Å²) in [6.45, 7) is 9.92. The average molecular weight is 350 g/mol. The van der Waals surface area contributed by atoms with Crippen LogP contribution in [0.3, 0.4) is 0 Å². The SMILES string of the molecule is Cc1ccc2ccccc2c1N1[C]N(c2c(C)ccc3ccccc23)CC1. The third-order valence-corrected chi connectivity index (χ3v) is 5.53. The van der Waals surface area contributed by atoms with Crippen molar-refractivity contribution in [2.24, 2.45) is 0 Å². The minimum Gasteiger partial charge on any atom is -0.339 e. The minimum atomic E-state index is 0.942. The average Bonchev–Trinajstić information content (AvgIpc) is 3.16. The largest absolute Gasteiger partial charge is 0.339 e. The highest BCUT2D eigenvalue weighted by molar-refractivity contribution is 5.98. The maximum absolute atomic E-state index is 3.66. The predicted octanol–water partition coefficient (Wildman–Crippen LogP) is 5.93. The Morgan fingerprint density at radius 3 is 1.52 bits per heavy atom. The highest BCUT2D eigenvalue weighted by Crippen LogP contribution is 2.37. The van der Waals surface area contributed by atoms with Crippen LogP contribution in [0.1, 0.15) is 11.1 Å². The summed E-state index contributed by atoms with van der Waals surface area (Å²) in [4.78, 5) is 4.58. The maximum atomic E-state index is 3.66. The highest BCUT2D eigenvalue weighted by atomic mass is 15.4. The maximum Gasteiger partial charge on any atom is 0.208 e. The predicted molar refractivity (Wildman–Crippen MR) is 115 cm³/mol. The molecular formula is C25H22N2. The minimum absolute atomic E-state index is 0.942. The molecule has 0 spiro atoms. The molecule has 5 rings (SSSR count). The number of rotatable bonds is 2. The lowest BCUT2D eigenvalue weighted by molar-refractivity contribution is 1.02. The molecule has 1 aliphatic heterocycles. The zero-order chi connectivity index (χ0) is 18.4. The van der Waals surface area contributed by atoms with Crippen molar-refractivity contribution < 1.29 is 0 Å². The highest BCUT2D eigenvalue weighted by Gasteiger charge is 2.27. The van der Waals surface area contributed by atoms with Gasteiger partial charge in [-0.3, -0.25) is 0 Å². The fourth-order valence-corrected chi connectivity index (χ4v) is 4.21. The van der Waals surface area contributed by atoms with Crippen molar-refractivity contribution in [1.82, 2.24) is 0 Å². The summed E-state index contributed by atoms with van der Waals surface area (Å²) in [6, 6.07) is 26.1. The van der Waals surface area contributed by atoms with Crippen LogP contribution in [0.5, 0.6) is 0 Å². The Balaban J connectivity index is 1.57. The quantitative estimate of drug-likeness (QED) is 0.442. The molecule has 27 heavy (non-hydrogen) atoms. The monoisotopic (exact) mass is 350 g/mol. The molecule has 0 atom stereocenters. The van der Waals surface area contributed by atoms with Gasteiger partial charge in [-0.05, 0) is 35.7 Å². The molecular weight excluding hydrogens is 328 g/mol. The van der Waals surface area contributed by atoms with E-state index >= 15 is 0 Å². The van der Waals surface area contributed by atoms with Crippen molar-refractivity contribution in [3.63, 3.8) is 0 Å². The van der Waals surface area contributed by atoms with Gasteiger partial charge in [0.2, 0.25) is 6.67 Å². The van der Waals surface area contributed by atoms with E-state index in [2.05, 4.69) is 103 Å². The Morgan fingerprint density at radius 1 is 0.593 bits per heavy atom. The molecule has 0 saturated carbocycles. The molecule has 1 saturated heterocycles. The smallest absolute Gasteiger partial charge is 0.208 e. The molecule has 4 aromatic rings. The van der Waals surface area contributed by atoms with Crippen molar-refractivity contribution in [1.29, 1.82) is 0 Å². The van der Waals surface area contributed by atoms with Gasteiger partial charge >= 0.3 is 0 Å². The Hall–Kier alpha value is -3.00. The molecule has 0 amide bonds. The number of hydrogen-bond acceptors (Lipinski definition) is 2. The molecule has 2 heteroatoms. The third-order valence-electron chi connectivity index (χ3n) is 5.53. The van der Waals surface area contributed by atoms with E-state index in [1.165, 1.54) is 44.0 Å². The first-order chi connectivity index (χ1) is 13.2. The number of hydrogen-bond donors (Lipinski definition) is 0.